The molecule has 19 heavy (non-hydrogen) atoms. The summed E-state index contributed by atoms with van der Waals surface area (Å²) in [4.78, 5) is 14.0. The first-order chi connectivity index (χ1) is 9.20. The molecule has 1 aliphatic carbocycles. The molecular formula is C14H23NO4. The molecule has 108 valence electrons. The van der Waals surface area contributed by atoms with Gasteiger partial charge in [-0.1, -0.05) is 0 Å². The lowest BCUT2D eigenvalue weighted by atomic mass is 9.77. The molecule has 5 heteroatoms. The van der Waals surface area contributed by atoms with E-state index in [-0.39, 0.29) is 17.4 Å². The minimum atomic E-state index is -0.353. The quantitative estimate of drug-likeness (QED) is 0.733. The van der Waals surface area contributed by atoms with Crippen LogP contribution in [0.25, 0.3) is 0 Å². The molecular weight excluding hydrogens is 246 g/mol. The van der Waals surface area contributed by atoms with Gasteiger partial charge in [-0.3, -0.25) is 0 Å². The highest BCUT2D eigenvalue weighted by molar-refractivity contribution is 5.69. The Labute approximate surface area is 114 Å². The van der Waals surface area contributed by atoms with Crippen LogP contribution in [-0.4, -0.2) is 48.7 Å². The van der Waals surface area contributed by atoms with Crippen LogP contribution in [0.3, 0.4) is 0 Å². The van der Waals surface area contributed by atoms with E-state index < -0.39 is 0 Å². The highest BCUT2D eigenvalue weighted by Gasteiger charge is 2.52. The first kappa shape index (κ1) is 13.2. The van der Waals surface area contributed by atoms with Gasteiger partial charge in [-0.2, -0.15) is 0 Å². The predicted octanol–water partition coefficient (Wildman–Crippen LogP) is 2.29. The number of nitrogens with zero attached hydrogens (tertiary/aromatic N) is 1. The topological polar surface area (TPSA) is 48.0 Å². The van der Waals surface area contributed by atoms with Crippen molar-refractivity contribution >= 4 is 6.09 Å². The maximum absolute atomic E-state index is 12.1. The van der Waals surface area contributed by atoms with Gasteiger partial charge in [0.05, 0.1) is 19.8 Å². The summed E-state index contributed by atoms with van der Waals surface area (Å²) in [6, 6.07) is 0. The normalized spacial score (nSPS) is 28.2. The fourth-order valence-electron chi connectivity index (χ4n) is 3.83. The van der Waals surface area contributed by atoms with Crippen molar-refractivity contribution in [2.24, 2.45) is 0 Å². The van der Waals surface area contributed by atoms with E-state index in [4.69, 9.17) is 14.2 Å². The molecule has 0 atom stereocenters. The monoisotopic (exact) mass is 269 g/mol. The fourth-order valence-corrected chi connectivity index (χ4v) is 3.83. The van der Waals surface area contributed by atoms with Gasteiger partial charge < -0.3 is 19.1 Å². The molecule has 1 amide bonds. The minimum absolute atomic E-state index is 0.00713. The van der Waals surface area contributed by atoms with E-state index in [0.717, 1.165) is 45.1 Å². The number of ether oxygens (including phenoxy) is 3. The molecule has 0 bridgehead atoms. The third kappa shape index (κ3) is 2.23. The second-order valence-electron chi connectivity index (χ2n) is 5.79. The van der Waals surface area contributed by atoms with Gasteiger partial charge in [0.2, 0.25) is 0 Å². The molecule has 2 aliphatic heterocycles. The molecule has 3 rings (SSSR count). The average molecular weight is 269 g/mol. The van der Waals surface area contributed by atoms with E-state index in [0.29, 0.717) is 19.8 Å². The molecule has 0 aromatic carbocycles. The molecule has 0 aromatic rings. The van der Waals surface area contributed by atoms with Crippen LogP contribution >= 0.6 is 0 Å². The van der Waals surface area contributed by atoms with Crippen molar-refractivity contribution in [3.8, 4) is 0 Å². The number of hydrogen-bond donors (Lipinski definition) is 0. The van der Waals surface area contributed by atoms with Crippen LogP contribution in [0.15, 0.2) is 0 Å². The van der Waals surface area contributed by atoms with Crippen molar-refractivity contribution in [1.29, 1.82) is 0 Å². The van der Waals surface area contributed by atoms with Gasteiger partial charge >= 0.3 is 6.09 Å². The number of hydrogen-bond acceptors (Lipinski definition) is 4. The second-order valence-corrected chi connectivity index (χ2v) is 5.79. The summed E-state index contributed by atoms with van der Waals surface area (Å²) in [5.41, 5.74) is -0.00713. The Morgan fingerprint density at radius 2 is 1.84 bits per heavy atom. The Bertz CT molecular complexity index is 341. The zero-order valence-corrected chi connectivity index (χ0v) is 11.7. The van der Waals surface area contributed by atoms with Crippen LogP contribution in [0.4, 0.5) is 4.79 Å². The van der Waals surface area contributed by atoms with Crippen molar-refractivity contribution in [3.05, 3.63) is 0 Å². The third-order valence-electron chi connectivity index (χ3n) is 4.84. The SMILES string of the molecule is CCOC(=O)N1CCCC12CCC1(CC2)OCCO1. The van der Waals surface area contributed by atoms with Crippen LogP contribution in [0.2, 0.25) is 0 Å². The molecule has 2 spiro atoms. The molecule has 1 saturated carbocycles. The van der Waals surface area contributed by atoms with Gasteiger partial charge in [0.25, 0.3) is 0 Å². The first-order valence-electron chi connectivity index (χ1n) is 7.42. The third-order valence-corrected chi connectivity index (χ3v) is 4.84. The standard InChI is InChI=1S/C14H23NO4/c1-2-17-12(16)15-9-3-4-13(15)5-7-14(8-6-13)18-10-11-19-14/h2-11H2,1H3. The average Bonchev–Trinajstić information content (AvgIpc) is 3.01. The van der Waals surface area contributed by atoms with Crippen LogP contribution in [-0.2, 0) is 14.2 Å². The zero-order chi connectivity index (χ0) is 13.3. The molecule has 0 radical (unpaired) electrons. The minimum Gasteiger partial charge on any atom is -0.450 e. The van der Waals surface area contributed by atoms with Gasteiger partial charge in [-0.25, -0.2) is 4.79 Å². The maximum Gasteiger partial charge on any atom is 0.410 e. The maximum atomic E-state index is 12.1. The first-order valence-corrected chi connectivity index (χ1v) is 7.42. The lowest BCUT2D eigenvalue weighted by Crippen LogP contribution is -2.53. The summed E-state index contributed by atoms with van der Waals surface area (Å²) in [6.07, 6.45) is 5.72. The van der Waals surface area contributed by atoms with Gasteiger partial charge in [-0.05, 0) is 32.6 Å². The molecule has 3 aliphatic rings. The van der Waals surface area contributed by atoms with Crippen LogP contribution < -0.4 is 0 Å². The lowest BCUT2D eigenvalue weighted by molar-refractivity contribution is -0.190. The molecule has 0 N–H and O–H groups in total. The number of amides is 1. The van der Waals surface area contributed by atoms with Gasteiger partial charge in [0.1, 0.15) is 0 Å². The van der Waals surface area contributed by atoms with Crippen molar-refractivity contribution < 1.29 is 19.0 Å². The highest BCUT2D eigenvalue weighted by atomic mass is 16.7. The number of rotatable bonds is 1. The summed E-state index contributed by atoms with van der Waals surface area (Å²) >= 11 is 0. The molecule has 0 aromatic heterocycles. The van der Waals surface area contributed by atoms with Crippen molar-refractivity contribution in [2.75, 3.05) is 26.4 Å². The van der Waals surface area contributed by atoms with Gasteiger partial charge in [0.15, 0.2) is 5.79 Å². The largest absolute Gasteiger partial charge is 0.450 e. The van der Waals surface area contributed by atoms with Crippen molar-refractivity contribution in [3.63, 3.8) is 0 Å². The number of carbonyl (C=O) groups excluding carboxylic acids is 1. The second kappa shape index (κ2) is 4.94. The Kier molecular flexibility index (Phi) is 3.43. The fraction of sp³-hybridized carbons (Fsp3) is 0.929. The number of likely N-dealkylation sites (tertiary alicyclic amines) is 1. The predicted molar refractivity (Wildman–Crippen MR) is 68.8 cm³/mol. The van der Waals surface area contributed by atoms with Crippen LogP contribution in [0, 0.1) is 0 Å². The van der Waals surface area contributed by atoms with Crippen LogP contribution in [0.1, 0.15) is 45.4 Å². The van der Waals surface area contributed by atoms with Crippen molar-refractivity contribution in [1.82, 2.24) is 4.90 Å². The van der Waals surface area contributed by atoms with E-state index in [1.807, 2.05) is 11.8 Å². The summed E-state index contributed by atoms with van der Waals surface area (Å²) in [6.45, 7) is 4.54. The summed E-state index contributed by atoms with van der Waals surface area (Å²) in [5.74, 6) is -0.353. The molecule has 2 saturated heterocycles. The van der Waals surface area contributed by atoms with Gasteiger partial charge in [0, 0.05) is 24.9 Å². The molecule has 5 nitrogen and oxygen atoms in total. The van der Waals surface area contributed by atoms with Gasteiger partial charge in [-0.15, -0.1) is 0 Å². The van der Waals surface area contributed by atoms with Crippen LogP contribution in [0.5, 0.6) is 0 Å². The van der Waals surface area contributed by atoms with E-state index in [2.05, 4.69) is 0 Å². The van der Waals surface area contributed by atoms with Crippen molar-refractivity contribution in [2.45, 2.75) is 56.8 Å². The Morgan fingerprint density at radius 3 is 2.47 bits per heavy atom. The number of carbonyl (C=O) groups is 1. The summed E-state index contributed by atoms with van der Waals surface area (Å²) in [5, 5.41) is 0. The Balaban J connectivity index is 1.68. The highest BCUT2D eigenvalue weighted by Crippen LogP contribution is 2.47. The summed E-state index contributed by atoms with van der Waals surface area (Å²) < 4.78 is 16.7. The summed E-state index contributed by atoms with van der Waals surface area (Å²) in [7, 11) is 0. The van der Waals surface area contributed by atoms with E-state index in [1.54, 1.807) is 0 Å². The molecule has 2 heterocycles. The van der Waals surface area contributed by atoms with E-state index >= 15 is 0 Å². The Hall–Kier alpha value is -0.810. The van der Waals surface area contributed by atoms with E-state index in [1.165, 1.54) is 0 Å². The Morgan fingerprint density at radius 1 is 1.16 bits per heavy atom. The zero-order valence-electron chi connectivity index (χ0n) is 11.7. The molecule has 3 fully saturated rings. The molecule has 0 unspecified atom stereocenters. The van der Waals surface area contributed by atoms with E-state index in [9.17, 15) is 4.79 Å². The smallest absolute Gasteiger partial charge is 0.410 e. The lowest BCUT2D eigenvalue weighted by Gasteiger charge is -2.45.